The predicted octanol–water partition coefficient (Wildman–Crippen LogP) is 2.20. The molecule has 1 aromatic heterocycles. The number of carbonyl (C=O) groups excluding carboxylic acids is 2. The van der Waals surface area contributed by atoms with Crippen LogP contribution >= 0.6 is 11.3 Å². The van der Waals surface area contributed by atoms with Crippen LogP contribution in [0.5, 0.6) is 0 Å². The maximum absolute atomic E-state index is 12.9. The lowest BCUT2D eigenvalue weighted by molar-refractivity contribution is -0.919. The number of aryl methyl sites for hydroxylation is 1. The van der Waals surface area contributed by atoms with Crippen LogP contribution in [-0.4, -0.2) is 30.9 Å². The molecule has 4 N–H and O–H groups in total. The first-order valence-electron chi connectivity index (χ1n) is 10.7. The molecule has 1 aromatic carbocycles. The molecular formula is C23H30N3O2S+. The van der Waals surface area contributed by atoms with Crippen molar-refractivity contribution in [1.82, 2.24) is 0 Å². The number of thiophene rings is 1. The van der Waals surface area contributed by atoms with Crippen LogP contribution < -0.4 is 16.0 Å². The molecule has 2 heterocycles. The fourth-order valence-electron chi connectivity index (χ4n) is 4.79. The van der Waals surface area contributed by atoms with Crippen molar-refractivity contribution in [1.29, 1.82) is 0 Å². The molecule has 0 spiro atoms. The molecule has 0 unspecified atom stereocenters. The summed E-state index contributed by atoms with van der Waals surface area (Å²) in [5.41, 5.74) is 8.61. The Morgan fingerprint density at radius 1 is 1.21 bits per heavy atom. The number of carbonyl (C=O) groups is 2. The van der Waals surface area contributed by atoms with E-state index in [1.165, 1.54) is 26.7 Å². The number of nitrogens with one attached hydrogen (secondary N) is 2. The van der Waals surface area contributed by atoms with Gasteiger partial charge in [0.05, 0.1) is 18.7 Å². The zero-order valence-electron chi connectivity index (χ0n) is 17.0. The number of rotatable bonds is 6. The quantitative estimate of drug-likeness (QED) is 0.680. The molecule has 29 heavy (non-hydrogen) atoms. The number of piperidine rings is 1. The molecule has 1 aliphatic heterocycles. The summed E-state index contributed by atoms with van der Waals surface area (Å²) in [6.07, 6.45) is 6.33. The standard InChI is InChI=1S/C23H29N3O2S/c1-15(26-12-10-17(11-13-26)14-16-6-3-2-4-7-16)22(28)25-23-20(21(24)27)18-8-5-9-19(18)29-23/h2-4,6-7,15,17H,5,8-14H2,1H3,(H2,24,27)(H,25,28)/p+1/t15-/m1/s1. The molecule has 2 aromatic rings. The van der Waals surface area contributed by atoms with Crippen molar-refractivity contribution < 1.29 is 14.5 Å². The van der Waals surface area contributed by atoms with Crippen molar-refractivity contribution in [2.75, 3.05) is 18.4 Å². The number of quaternary nitrogens is 1. The molecule has 1 fully saturated rings. The summed E-state index contributed by atoms with van der Waals surface area (Å²) >= 11 is 1.53. The van der Waals surface area contributed by atoms with Gasteiger partial charge in [-0.15, -0.1) is 11.3 Å². The van der Waals surface area contributed by atoms with Gasteiger partial charge >= 0.3 is 0 Å². The summed E-state index contributed by atoms with van der Waals surface area (Å²) in [6, 6.07) is 10.5. The molecule has 1 aliphatic carbocycles. The highest BCUT2D eigenvalue weighted by atomic mass is 32.1. The summed E-state index contributed by atoms with van der Waals surface area (Å²) in [7, 11) is 0. The Bertz CT molecular complexity index is 885. The number of amides is 2. The molecule has 1 atom stereocenters. The first-order chi connectivity index (χ1) is 14.0. The highest BCUT2D eigenvalue weighted by molar-refractivity contribution is 7.17. The number of fused-ring (bicyclic) bond motifs is 1. The Labute approximate surface area is 176 Å². The van der Waals surface area contributed by atoms with Crippen LogP contribution in [0.15, 0.2) is 30.3 Å². The van der Waals surface area contributed by atoms with Gasteiger partial charge in [0.2, 0.25) is 0 Å². The maximum Gasteiger partial charge on any atom is 0.282 e. The second kappa shape index (κ2) is 8.67. The Morgan fingerprint density at radius 3 is 2.62 bits per heavy atom. The zero-order valence-corrected chi connectivity index (χ0v) is 17.8. The van der Waals surface area contributed by atoms with E-state index in [4.69, 9.17) is 5.73 Å². The summed E-state index contributed by atoms with van der Waals surface area (Å²) < 4.78 is 0. The predicted molar refractivity (Wildman–Crippen MR) is 117 cm³/mol. The number of nitrogens with two attached hydrogens (primary N) is 1. The highest BCUT2D eigenvalue weighted by Gasteiger charge is 2.32. The van der Waals surface area contributed by atoms with Gasteiger partial charge in [-0.3, -0.25) is 9.59 Å². The normalized spacial score (nSPS) is 22.1. The van der Waals surface area contributed by atoms with Crippen LogP contribution in [-0.2, 0) is 24.1 Å². The van der Waals surface area contributed by atoms with Gasteiger partial charge in [-0.2, -0.15) is 0 Å². The lowest BCUT2D eigenvalue weighted by Crippen LogP contribution is -3.17. The van der Waals surface area contributed by atoms with Gasteiger partial charge < -0.3 is 16.0 Å². The molecule has 5 nitrogen and oxygen atoms in total. The number of hydrogen-bond acceptors (Lipinski definition) is 3. The minimum atomic E-state index is -0.429. The van der Waals surface area contributed by atoms with Gasteiger partial charge in [0.15, 0.2) is 6.04 Å². The molecule has 0 saturated carbocycles. The van der Waals surface area contributed by atoms with Crippen LogP contribution in [0.1, 0.15) is 52.5 Å². The van der Waals surface area contributed by atoms with E-state index in [2.05, 4.69) is 35.6 Å². The SMILES string of the molecule is C[C@H](C(=O)Nc1sc2c(c1C(N)=O)CCC2)[NH+]1CCC(Cc2ccccc2)CC1. The van der Waals surface area contributed by atoms with Crippen LogP contribution in [0.4, 0.5) is 5.00 Å². The number of hydrogen-bond donors (Lipinski definition) is 3. The van der Waals surface area contributed by atoms with Crippen molar-refractivity contribution in [3.8, 4) is 0 Å². The third-order valence-electron chi connectivity index (χ3n) is 6.52. The van der Waals surface area contributed by atoms with Gasteiger partial charge in [-0.1, -0.05) is 30.3 Å². The average Bonchev–Trinajstić information content (AvgIpc) is 3.29. The Morgan fingerprint density at radius 2 is 1.93 bits per heavy atom. The van der Waals surface area contributed by atoms with Gasteiger partial charge in [-0.05, 0) is 62.5 Å². The van der Waals surface area contributed by atoms with E-state index in [9.17, 15) is 9.59 Å². The third kappa shape index (κ3) is 4.38. The van der Waals surface area contributed by atoms with Crippen LogP contribution in [0.2, 0.25) is 0 Å². The Balaban J connectivity index is 1.34. The summed E-state index contributed by atoms with van der Waals surface area (Å²) in [5, 5.41) is 3.68. The molecule has 0 bridgehead atoms. The second-order valence-electron chi connectivity index (χ2n) is 8.43. The molecule has 2 amide bonds. The summed E-state index contributed by atoms with van der Waals surface area (Å²) in [4.78, 5) is 27.4. The zero-order chi connectivity index (χ0) is 20.4. The topological polar surface area (TPSA) is 76.6 Å². The Kier molecular flexibility index (Phi) is 6.01. The highest BCUT2D eigenvalue weighted by Crippen LogP contribution is 2.38. The fourth-order valence-corrected chi connectivity index (χ4v) is 6.09. The second-order valence-corrected chi connectivity index (χ2v) is 9.53. The average molecular weight is 413 g/mol. The summed E-state index contributed by atoms with van der Waals surface area (Å²) in [5.74, 6) is 0.253. The van der Waals surface area contributed by atoms with Gasteiger partial charge in [0, 0.05) is 4.88 Å². The Hall–Kier alpha value is -2.18. The van der Waals surface area contributed by atoms with Crippen LogP contribution in [0.25, 0.3) is 0 Å². The fraction of sp³-hybridized carbons (Fsp3) is 0.478. The third-order valence-corrected chi connectivity index (χ3v) is 7.73. The first kappa shape index (κ1) is 20.1. The van der Waals surface area contributed by atoms with Crippen molar-refractivity contribution in [2.45, 2.75) is 51.5 Å². The van der Waals surface area contributed by atoms with Gasteiger partial charge in [0.25, 0.3) is 11.8 Å². The van der Waals surface area contributed by atoms with E-state index in [-0.39, 0.29) is 11.9 Å². The van der Waals surface area contributed by atoms with Crippen LogP contribution in [0, 0.1) is 5.92 Å². The molecule has 1 saturated heterocycles. The number of benzene rings is 1. The molecule has 2 aliphatic rings. The van der Waals surface area contributed by atoms with E-state index < -0.39 is 5.91 Å². The minimum absolute atomic E-state index is 0.0102. The van der Waals surface area contributed by atoms with E-state index in [1.807, 2.05) is 6.92 Å². The molecular weight excluding hydrogens is 382 g/mol. The number of primary amides is 1. The van der Waals surface area contributed by atoms with Crippen LogP contribution in [0.3, 0.4) is 0 Å². The van der Waals surface area contributed by atoms with E-state index in [1.54, 1.807) is 0 Å². The van der Waals surface area contributed by atoms with Crippen molar-refractivity contribution in [3.63, 3.8) is 0 Å². The molecule has 0 radical (unpaired) electrons. The molecule has 154 valence electrons. The molecule has 6 heteroatoms. The number of anilines is 1. The minimum Gasteiger partial charge on any atom is -0.365 e. The molecule has 4 rings (SSSR count). The lowest BCUT2D eigenvalue weighted by atomic mass is 9.89. The first-order valence-corrected chi connectivity index (χ1v) is 11.5. The smallest absolute Gasteiger partial charge is 0.282 e. The van der Waals surface area contributed by atoms with Crippen molar-refractivity contribution >= 4 is 28.2 Å². The maximum atomic E-state index is 12.9. The lowest BCUT2D eigenvalue weighted by Gasteiger charge is -2.32. The van der Waals surface area contributed by atoms with Gasteiger partial charge in [0.1, 0.15) is 5.00 Å². The van der Waals surface area contributed by atoms with E-state index >= 15 is 0 Å². The van der Waals surface area contributed by atoms with Crippen molar-refractivity contribution in [2.24, 2.45) is 11.7 Å². The monoisotopic (exact) mass is 412 g/mol. The van der Waals surface area contributed by atoms with E-state index in [0.717, 1.165) is 57.2 Å². The summed E-state index contributed by atoms with van der Waals surface area (Å²) in [6.45, 7) is 4.01. The largest absolute Gasteiger partial charge is 0.365 e. The number of likely N-dealkylation sites (tertiary alicyclic amines) is 1. The van der Waals surface area contributed by atoms with Gasteiger partial charge in [-0.25, -0.2) is 0 Å². The van der Waals surface area contributed by atoms with Crippen molar-refractivity contribution in [3.05, 3.63) is 51.9 Å². The van der Waals surface area contributed by atoms with E-state index in [0.29, 0.717) is 16.5 Å².